The summed E-state index contributed by atoms with van der Waals surface area (Å²) in [6.45, 7) is 1.87. The van der Waals surface area contributed by atoms with Gasteiger partial charge in [-0.2, -0.15) is 4.37 Å². The van der Waals surface area contributed by atoms with Crippen LogP contribution in [0.3, 0.4) is 0 Å². The second kappa shape index (κ2) is 5.54. The van der Waals surface area contributed by atoms with Crippen LogP contribution in [0.4, 0.5) is 0 Å². The lowest BCUT2D eigenvalue weighted by molar-refractivity contribution is -0.148. The highest BCUT2D eigenvalue weighted by molar-refractivity contribution is 8.01. The number of ether oxygens (including phenoxy) is 1. The quantitative estimate of drug-likeness (QED) is 0.631. The van der Waals surface area contributed by atoms with E-state index in [1.807, 2.05) is 14.0 Å². The molecule has 1 fully saturated rings. The van der Waals surface area contributed by atoms with E-state index in [4.69, 9.17) is 4.74 Å². The molecule has 7 heteroatoms. The third-order valence-electron chi connectivity index (χ3n) is 3.20. The van der Waals surface area contributed by atoms with Crippen LogP contribution in [0.1, 0.15) is 18.7 Å². The number of nitrogens with zero attached hydrogens (tertiary/aromatic N) is 2. The first-order chi connectivity index (χ1) is 8.62. The van der Waals surface area contributed by atoms with Gasteiger partial charge >= 0.3 is 5.97 Å². The number of carbonyl (C=O) groups excluding carboxylic acids is 1. The van der Waals surface area contributed by atoms with Crippen molar-refractivity contribution in [1.29, 1.82) is 0 Å². The van der Waals surface area contributed by atoms with Gasteiger partial charge in [-0.05, 0) is 44.3 Å². The van der Waals surface area contributed by atoms with Gasteiger partial charge in [-0.15, -0.1) is 0 Å². The van der Waals surface area contributed by atoms with Crippen LogP contribution in [-0.4, -0.2) is 40.8 Å². The maximum atomic E-state index is 12.0. The van der Waals surface area contributed by atoms with E-state index in [1.165, 1.54) is 18.6 Å². The maximum Gasteiger partial charge on any atom is 0.327 e. The molecule has 0 aliphatic heterocycles. The number of esters is 1. The second-order valence-electron chi connectivity index (χ2n) is 4.38. The number of aromatic nitrogens is 2. The summed E-state index contributed by atoms with van der Waals surface area (Å²) in [4.78, 5) is 16.3. The predicted molar refractivity (Wildman–Crippen MR) is 71.9 cm³/mol. The molecule has 100 valence electrons. The lowest BCUT2D eigenvalue weighted by Crippen LogP contribution is -2.55. The molecule has 1 unspecified atom stereocenters. The topological polar surface area (TPSA) is 64.1 Å². The van der Waals surface area contributed by atoms with E-state index in [2.05, 4.69) is 14.7 Å². The molecule has 0 saturated heterocycles. The molecule has 0 aromatic carbocycles. The monoisotopic (exact) mass is 287 g/mol. The molecule has 1 aliphatic rings. The molecule has 5 nitrogen and oxygen atoms in total. The zero-order valence-electron chi connectivity index (χ0n) is 10.7. The molecule has 1 aromatic heterocycles. The van der Waals surface area contributed by atoms with Crippen molar-refractivity contribution in [2.75, 3.05) is 19.9 Å². The summed E-state index contributed by atoms with van der Waals surface area (Å²) >= 11 is 2.94. The Morgan fingerprint density at radius 3 is 2.83 bits per heavy atom. The highest BCUT2D eigenvalue weighted by Crippen LogP contribution is 2.43. The first-order valence-electron chi connectivity index (χ1n) is 5.83. The Balaban J connectivity index is 2.07. The molecule has 1 atom stereocenters. The number of methoxy groups -OCH3 is 1. The first kappa shape index (κ1) is 13.8. The van der Waals surface area contributed by atoms with E-state index in [-0.39, 0.29) is 5.97 Å². The van der Waals surface area contributed by atoms with Crippen LogP contribution in [0.25, 0.3) is 0 Å². The van der Waals surface area contributed by atoms with Crippen LogP contribution in [0.5, 0.6) is 0 Å². The van der Waals surface area contributed by atoms with E-state index < -0.39 is 5.54 Å². The number of likely N-dealkylation sites (N-methyl/N-ethyl adjacent to an activating group) is 1. The van der Waals surface area contributed by atoms with Crippen LogP contribution in [0.2, 0.25) is 0 Å². The average molecular weight is 287 g/mol. The molecule has 1 heterocycles. The van der Waals surface area contributed by atoms with Gasteiger partial charge in [-0.25, -0.2) is 4.98 Å². The zero-order chi connectivity index (χ0) is 13.2. The predicted octanol–water partition coefficient (Wildman–Crippen LogP) is 1.48. The minimum absolute atomic E-state index is 0.179. The molecule has 1 aliphatic carbocycles. The van der Waals surface area contributed by atoms with Crippen LogP contribution < -0.4 is 5.32 Å². The molecular weight excluding hydrogens is 270 g/mol. The van der Waals surface area contributed by atoms with Crippen molar-refractivity contribution in [3.8, 4) is 0 Å². The van der Waals surface area contributed by atoms with Crippen molar-refractivity contribution in [2.24, 2.45) is 5.92 Å². The first-order valence-corrected chi connectivity index (χ1v) is 7.58. The molecule has 2 rings (SSSR count). The normalized spacial score (nSPS) is 18.4. The van der Waals surface area contributed by atoms with Crippen LogP contribution >= 0.6 is 23.3 Å². The van der Waals surface area contributed by atoms with Gasteiger partial charge in [0.1, 0.15) is 11.4 Å². The zero-order valence-corrected chi connectivity index (χ0v) is 12.4. The minimum atomic E-state index is -0.584. The fraction of sp³-hybridized carbons (Fsp3) is 0.727. The summed E-state index contributed by atoms with van der Waals surface area (Å²) < 4.78 is 10.00. The van der Waals surface area contributed by atoms with Gasteiger partial charge in [0.2, 0.25) is 0 Å². The number of hydrogen-bond acceptors (Lipinski definition) is 7. The number of aryl methyl sites for hydroxylation is 1. The van der Waals surface area contributed by atoms with Crippen molar-refractivity contribution >= 4 is 29.3 Å². The molecule has 18 heavy (non-hydrogen) atoms. The SMILES string of the molecule is CNC(CSc1nc(C)ns1)(C(=O)OC)C1CC1. The molecule has 0 spiro atoms. The summed E-state index contributed by atoms with van der Waals surface area (Å²) in [5.41, 5.74) is -0.584. The summed E-state index contributed by atoms with van der Waals surface area (Å²) in [6, 6.07) is 0. The van der Waals surface area contributed by atoms with Crippen LogP contribution in [-0.2, 0) is 9.53 Å². The summed E-state index contributed by atoms with van der Waals surface area (Å²) in [7, 11) is 3.26. The van der Waals surface area contributed by atoms with Crippen molar-refractivity contribution < 1.29 is 9.53 Å². The molecule has 1 saturated carbocycles. The lowest BCUT2D eigenvalue weighted by Gasteiger charge is -2.29. The smallest absolute Gasteiger partial charge is 0.327 e. The van der Waals surface area contributed by atoms with Crippen LogP contribution in [0, 0.1) is 12.8 Å². The summed E-state index contributed by atoms with van der Waals surface area (Å²) in [5, 5.41) is 3.17. The molecule has 1 N–H and O–H groups in total. The van der Waals surface area contributed by atoms with E-state index in [9.17, 15) is 4.79 Å². The third kappa shape index (κ3) is 2.67. The van der Waals surface area contributed by atoms with Gasteiger partial charge in [-0.1, -0.05) is 11.8 Å². The van der Waals surface area contributed by atoms with Crippen molar-refractivity contribution in [3.63, 3.8) is 0 Å². The Kier molecular flexibility index (Phi) is 4.24. The Labute approximate surface area is 115 Å². The minimum Gasteiger partial charge on any atom is -0.468 e. The molecule has 0 amide bonds. The van der Waals surface area contributed by atoms with E-state index in [0.717, 1.165) is 23.0 Å². The fourth-order valence-corrected chi connectivity index (χ4v) is 3.96. The molecule has 0 bridgehead atoms. The van der Waals surface area contributed by atoms with Gasteiger partial charge in [-0.3, -0.25) is 4.79 Å². The Morgan fingerprint density at radius 2 is 2.39 bits per heavy atom. The Hall–Kier alpha value is -0.660. The largest absolute Gasteiger partial charge is 0.468 e. The molecule has 0 radical (unpaired) electrons. The Morgan fingerprint density at radius 1 is 1.67 bits per heavy atom. The highest BCUT2D eigenvalue weighted by atomic mass is 32.2. The van der Waals surface area contributed by atoms with Crippen molar-refractivity contribution in [2.45, 2.75) is 29.6 Å². The van der Waals surface area contributed by atoms with Crippen molar-refractivity contribution in [3.05, 3.63) is 5.82 Å². The number of thioether (sulfide) groups is 1. The van der Waals surface area contributed by atoms with Gasteiger partial charge in [0.05, 0.1) is 7.11 Å². The second-order valence-corrected chi connectivity index (χ2v) is 6.36. The number of nitrogens with one attached hydrogen (secondary N) is 1. The standard InChI is InChI=1S/C11H17N3O2S2/c1-7-13-10(18-14-7)17-6-11(12-2,8-4-5-8)9(15)16-3/h8,12H,4-6H2,1-3H3. The van der Waals surface area contributed by atoms with E-state index in [0.29, 0.717) is 11.7 Å². The van der Waals surface area contributed by atoms with Gasteiger partial charge in [0, 0.05) is 5.75 Å². The van der Waals surface area contributed by atoms with Crippen LogP contribution in [0.15, 0.2) is 4.34 Å². The summed E-state index contributed by atoms with van der Waals surface area (Å²) in [5.74, 6) is 1.61. The number of rotatable bonds is 6. The van der Waals surface area contributed by atoms with Gasteiger partial charge in [0.25, 0.3) is 0 Å². The van der Waals surface area contributed by atoms with E-state index >= 15 is 0 Å². The number of hydrogen-bond donors (Lipinski definition) is 1. The fourth-order valence-electron chi connectivity index (χ4n) is 1.99. The average Bonchev–Trinajstić information content (AvgIpc) is 3.14. The lowest BCUT2D eigenvalue weighted by atomic mass is 9.96. The Bertz CT molecular complexity index is 434. The number of carbonyl (C=O) groups is 1. The molecule has 1 aromatic rings. The third-order valence-corrected chi connectivity index (χ3v) is 5.32. The highest BCUT2D eigenvalue weighted by Gasteiger charge is 2.51. The van der Waals surface area contributed by atoms with Crippen molar-refractivity contribution in [1.82, 2.24) is 14.7 Å². The maximum absolute atomic E-state index is 12.0. The van der Waals surface area contributed by atoms with Gasteiger partial charge < -0.3 is 10.1 Å². The summed E-state index contributed by atoms with van der Waals surface area (Å²) in [6.07, 6.45) is 2.15. The van der Waals surface area contributed by atoms with E-state index in [1.54, 1.807) is 11.8 Å². The van der Waals surface area contributed by atoms with Gasteiger partial charge in [0.15, 0.2) is 4.34 Å². The molecular formula is C11H17N3O2S2.